The second kappa shape index (κ2) is 14.7. The van der Waals surface area contributed by atoms with Crippen molar-refractivity contribution in [3.63, 3.8) is 0 Å². The van der Waals surface area contributed by atoms with E-state index >= 15 is 0 Å². The number of carbonyl (C=O) groups is 3. The summed E-state index contributed by atoms with van der Waals surface area (Å²) in [5.41, 5.74) is 3.50. The smallest absolute Gasteiger partial charge is 0.272 e. The van der Waals surface area contributed by atoms with E-state index in [0.29, 0.717) is 29.0 Å². The van der Waals surface area contributed by atoms with Crippen molar-refractivity contribution in [2.24, 2.45) is 0 Å². The molecule has 0 saturated heterocycles. The fourth-order valence-corrected chi connectivity index (χ4v) is 5.09. The molecule has 4 aromatic carbocycles. The first-order valence-electron chi connectivity index (χ1n) is 13.5. The van der Waals surface area contributed by atoms with E-state index in [1.54, 1.807) is 55.7 Å². The monoisotopic (exact) mass is 579 g/mol. The summed E-state index contributed by atoms with van der Waals surface area (Å²) in [4.78, 5) is 40.3. The number of rotatable bonds is 11. The van der Waals surface area contributed by atoms with Crippen LogP contribution in [0.3, 0.4) is 0 Å². The maximum absolute atomic E-state index is 13.5. The van der Waals surface area contributed by atoms with E-state index in [4.69, 9.17) is 4.74 Å². The van der Waals surface area contributed by atoms with E-state index in [2.05, 4.69) is 16.0 Å². The molecular formula is C34H33N3O4S. The van der Waals surface area contributed by atoms with Crippen LogP contribution >= 0.6 is 11.8 Å². The highest BCUT2D eigenvalue weighted by Crippen LogP contribution is 2.29. The van der Waals surface area contributed by atoms with Gasteiger partial charge in [0.05, 0.1) is 12.4 Å². The largest absolute Gasteiger partial charge is 0.496 e. The average molecular weight is 580 g/mol. The number of para-hydroxylation sites is 1. The van der Waals surface area contributed by atoms with Crippen LogP contribution < -0.4 is 20.7 Å². The summed E-state index contributed by atoms with van der Waals surface area (Å²) >= 11 is 1.42. The minimum Gasteiger partial charge on any atom is -0.496 e. The van der Waals surface area contributed by atoms with Crippen LogP contribution in [0.25, 0.3) is 6.08 Å². The van der Waals surface area contributed by atoms with Crippen molar-refractivity contribution in [1.82, 2.24) is 5.32 Å². The van der Waals surface area contributed by atoms with Gasteiger partial charge in [-0.3, -0.25) is 14.4 Å². The van der Waals surface area contributed by atoms with Gasteiger partial charge < -0.3 is 20.7 Å². The number of ether oxygens (including phenoxy) is 1. The second-order valence-electron chi connectivity index (χ2n) is 9.47. The highest BCUT2D eigenvalue weighted by atomic mass is 32.2. The summed E-state index contributed by atoms with van der Waals surface area (Å²) in [6, 6.07) is 30.8. The van der Waals surface area contributed by atoms with Crippen LogP contribution in [0, 0.1) is 6.92 Å². The summed E-state index contributed by atoms with van der Waals surface area (Å²) in [6.07, 6.45) is 2.20. The van der Waals surface area contributed by atoms with Gasteiger partial charge in [-0.15, -0.1) is 11.8 Å². The highest BCUT2D eigenvalue weighted by Gasteiger charge is 2.20. The molecule has 3 N–H and O–H groups in total. The van der Waals surface area contributed by atoms with Crippen LogP contribution in [0.15, 0.2) is 114 Å². The maximum atomic E-state index is 13.5. The van der Waals surface area contributed by atoms with Crippen molar-refractivity contribution in [2.45, 2.75) is 30.4 Å². The fourth-order valence-electron chi connectivity index (χ4n) is 4.08. The van der Waals surface area contributed by atoms with Gasteiger partial charge in [0, 0.05) is 27.4 Å². The lowest BCUT2D eigenvalue weighted by molar-refractivity contribution is -0.116. The molecule has 0 aliphatic rings. The summed E-state index contributed by atoms with van der Waals surface area (Å²) in [5.74, 6) is -0.450. The molecule has 7 nitrogen and oxygen atoms in total. The molecule has 0 radical (unpaired) electrons. The molecule has 0 bridgehead atoms. The Labute approximate surface area is 250 Å². The van der Waals surface area contributed by atoms with Gasteiger partial charge >= 0.3 is 0 Å². The molecule has 0 aliphatic heterocycles. The molecule has 1 atom stereocenters. The lowest BCUT2D eigenvalue weighted by atomic mass is 10.1. The molecule has 0 aromatic heterocycles. The number of carbonyl (C=O) groups excluding carboxylic acids is 3. The molecule has 0 saturated carbocycles. The minimum atomic E-state index is -0.503. The number of methoxy groups -OCH3 is 1. The van der Waals surface area contributed by atoms with Crippen LogP contribution in [0.5, 0.6) is 5.75 Å². The minimum absolute atomic E-state index is 0.0512. The standard InChI is InChI=1S/C34H33N3O4S/c1-4-31(34(40)35-26-19-17-23(2)18-20-26)42-28-15-10-14-27(22-28)36-33(39)29(21-25-13-8-9-16-30(25)41-3)37-32(38)24-11-6-5-7-12-24/h5-22,31H,4H2,1-3H3,(H,35,40)(H,36,39)(H,37,38)/b29-21+. The lowest BCUT2D eigenvalue weighted by Crippen LogP contribution is -2.30. The molecule has 8 heteroatoms. The zero-order valence-corrected chi connectivity index (χ0v) is 24.5. The molecule has 42 heavy (non-hydrogen) atoms. The zero-order chi connectivity index (χ0) is 29.9. The summed E-state index contributed by atoms with van der Waals surface area (Å²) in [7, 11) is 1.54. The van der Waals surface area contributed by atoms with Gasteiger partial charge in [0.2, 0.25) is 5.91 Å². The topological polar surface area (TPSA) is 96.5 Å². The molecule has 4 rings (SSSR count). The molecule has 1 unspecified atom stereocenters. The predicted molar refractivity (Wildman–Crippen MR) is 170 cm³/mol. The first kappa shape index (κ1) is 30.1. The van der Waals surface area contributed by atoms with Crippen molar-refractivity contribution in [3.8, 4) is 5.75 Å². The third kappa shape index (κ3) is 8.34. The number of thioether (sulfide) groups is 1. The van der Waals surface area contributed by atoms with Gasteiger partial charge in [0.25, 0.3) is 11.8 Å². The van der Waals surface area contributed by atoms with Gasteiger partial charge in [-0.25, -0.2) is 0 Å². The summed E-state index contributed by atoms with van der Waals surface area (Å²) < 4.78 is 5.43. The van der Waals surface area contributed by atoms with Gasteiger partial charge in [-0.05, 0) is 68.0 Å². The summed E-state index contributed by atoms with van der Waals surface area (Å²) in [6.45, 7) is 3.96. The highest BCUT2D eigenvalue weighted by molar-refractivity contribution is 8.00. The Morgan fingerprint density at radius 3 is 2.26 bits per heavy atom. The van der Waals surface area contributed by atoms with Crippen molar-refractivity contribution in [1.29, 1.82) is 0 Å². The molecule has 0 spiro atoms. The van der Waals surface area contributed by atoms with E-state index in [9.17, 15) is 14.4 Å². The quantitative estimate of drug-likeness (QED) is 0.132. The summed E-state index contributed by atoms with van der Waals surface area (Å²) in [5, 5.41) is 8.28. The average Bonchev–Trinajstić information content (AvgIpc) is 3.01. The number of benzene rings is 4. The van der Waals surface area contributed by atoms with Crippen LogP contribution in [0.4, 0.5) is 11.4 Å². The maximum Gasteiger partial charge on any atom is 0.272 e. The SMILES string of the molecule is CCC(Sc1cccc(NC(=O)/C(=C\c2ccccc2OC)NC(=O)c2ccccc2)c1)C(=O)Nc1ccc(C)cc1. The third-order valence-corrected chi connectivity index (χ3v) is 7.68. The second-order valence-corrected chi connectivity index (χ2v) is 10.7. The Morgan fingerprint density at radius 2 is 1.55 bits per heavy atom. The lowest BCUT2D eigenvalue weighted by Gasteiger charge is -2.16. The molecule has 0 aliphatic carbocycles. The van der Waals surface area contributed by atoms with Crippen LogP contribution in [-0.2, 0) is 9.59 Å². The first-order chi connectivity index (χ1) is 20.4. The Bertz CT molecular complexity index is 1570. The van der Waals surface area contributed by atoms with E-state index in [1.165, 1.54) is 11.8 Å². The Morgan fingerprint density at radius 1 is 0.833 bits per heavy atom. The molecular weight excluding hydrogens is 546 g/mol. The van der Waals surface area contributed by atoms with E-state index in [0.717, 1.165) is 16.1 Å². The molecule has 214 valence electrons. The predicted octanol–water partition coefficient (Wildman–Crippen LogP) is 6.92. The molecule has 4 aromatic rings. The normalized spacial score (nSPS) is 11.7. The number of amides is 3. The third-order valence-electron chi connectivity index (χ3n) is 6.32. The van der Waals surface area contributed by atoms with Crippen LogP contribution in [-0.4, -0.2) is 30.1 Å². The number of hydrogen-bond donors (Lipinski definition) is 3. The Hall–Kier alpha value is -4.82. The zero-order valence-electron chi connectivity index (χ0n) is 23.7. The van der Waals surface area contributed by atoms with Gasteiger partial charge in [-0.1, -0.05) is 67.1 Å². The van der Waals surface area contributed by atoms with Crippen LogP contribution in [0.1, 0.15) is 34.8 Å². The number of hydrogen-bond acceptors (Lipinski definition) is 5. The van der Waals surface area contributed by atoms with Crippen molar-refractivity contribution >= 4 is 46.9 Å². The van der Waals surface area contributed by atoms with Crippen LogP contribution in [0.2, 0.25) is 0 Å². The van der Waals surface area contributed by atoms with E-state index in [1.807, 2.05) is 74.5 Å². The Kier molecular flexibility index (Phi) is 10.6. The number of aryl methyl sites for hydroxylation is 1. The Balaban J connectivity index is 1.52. The fraction of sp³-hybridized carbons (Fsp3) is 0.147. The molecule has 0 fully saturated rings. The number of anilines is 2. The van der Waals surface area contributed by atoms with Crippen molar-refractivity contribution in [3.05, 3.63) is 126 Å². The number of nitrogens with one attached hydrogen (secondary N) is 3. The van der Waals surface area contributed by atoms with Gasteiger partial charge in [-0.2, -0.15) is 0 Å². The molecule has 3 amide bonds. The first-order valence-corrected chi connectivity index (χ1v) is 14.4. The van der Waals surface area contributed by atoms with Crippen molar-refractivity contribution in [2.75, 3.05) is 17.7 Å². The van der Waals surface area contributed by atoms with Gasteiger partial charge in [0.15, 0.2) is 0 Å². The van der Waals surface area contributed by atoms with E-state index in [-0.39, 0.29) is 16.9 Å². The molecule has 0 heterocycles. The van der Waals surface area contributed by atoms with Gasteiger partial charge in [0.1, 0.15) is 11.4 Å². The van der Waals surface area contributed by atoms with E-state index < -0.39 is 11.8 Å². The van der Waals surface area contributed by atoms with Crippen molar-refractivity contribution < 1.29 is 19.1 Å².